The van der Waals surface area contributed by atoms with Crippen LogP contribution in [0.25, 0.3) is 0 Å². The number of benzene rings is 1. The minimum Gasteiger partial charge on any atom is -0.497 e. The molecule has 9 heteroatoms. The summed E-state index contributed by atoms with van der Waals surface area (Å²) in [5, 5.41) is 6.69. The van der Waals surface area contributed by atoms with Gasteiger partial charge in [-0.15, -0.1) is 24.0 Å². The Kier molecular flexibility index (Phi) is 13.3. The number of aliphatic imine (C=N–C) groups is 1. The number of amides is 1. The van der Waals surface area contributed by atoms with Crippen LogP contribution >= 0.6 is 24.0 Å². The Hall–Kier alpha value is -1.75. The number of carbonyl (C=O) groups excluding carboxylic acids is 1. The molecule has 0 aliphatic carbocycles. The Bertz CT molecular complexity index is 694. The minimum atomic E-state index is -0.152. The maximum absolute atomic E-state index is 11.3. The Morgan fingerprint density at radius 2 is 1.94 bits per heavy atom. The maximum atomic E-state index is 11.3. The van der Waals surface area contributed by atoms with Crippen molar-refractivity contribution in [1.82, 2.24) is 15.5 Å². The third-order valence-corrected chi connectivity index (χ3v) is 5.43. The first-order valence-electron chi connectivity index (χ1n) is 10.8. The average molecular weight is 547 g/mol. The van der Waals surface area contributed by atoms with E-state index >= 15 is 0 Å². The number of ether oxygens (including phenoxy) is 2. The molecule has 4 N–H and O–H groups in total. The predicted molar refractivity (Wildman–Crippen MR) is 135 cm³/mol. The molecule has 1 aromatic rings. The van der Waals surface area contributed by atoms with Gasteiger partial charge in [-0.05, 0) is 64.4 Å². The molecule has 2 rings (SSSR count). The second-order valence-corrected chi connectivity index (χ2v) is 7.53. The molecular formula is C22H38IN5O3. The second kappa shape index (κ2) is 15.1. The number of hydrogen-bond acceptors (Lipinski definition) is 5. The number of piperidine rings is 1. The molecule has 0 radical (unpaired) electrons. The van der Waals surface area contributed by atoms with Gasteiger partial charge in [0.25, 0.3) is 0 Å². The third-order valence-electron chi connectivity index (χ3n) is 5.43. The van der Waals surface area contributed by atoms with Crippen LogP contribution in [-0.4, -0.2) is 63.7 Å². The van der Waals surface area contributed by atoms with Crippen LogP contribution in [0.4, 0.5) is 0 Å². The number of likely N-dealkylation sites (tertiary alicyclic amines) is 1. The molecule has 0 bridgehead atoms. The van der Waals surface area contributed by atoms with Gasteiger partial charge in [-0.1, -0.05) is 0 Å². The molecule has 0 aromatic heterocycles. The molecule has 0 unspecified atom stereocenters. The van der Waals surface area contributed by atoms with E-state index in [2.05, 4.69) is 27.4 Å². The average Bonchev–Trinajstić information content (AvgIpc) is 2.77. The van der Waals surface area contributed by atoms with Gasteiger partial charge in [0.1, 0.15) is 11.5 Å². The second-order valence-electron chi connectivity index (χ2n) is 7.53. The zero-order chi connectivity index (χ0) is 21.8. The molecule has 1 amide bonds. The van der Waals surface area contributed by atoms with E-state index in [9.17, 15) is 4.79 Å². The SMILES string of the molecule is CCNC(=NCc1ccc(OC)cc1OC)NCCCCN1CCC(C(N)=O)CC1.I. The summed E-state index contributed by atoms with van der Waals surface area (Å²) in [4.78, 5) is 18.4. The van der Waals surface area contributed by atoms with Crippen LogP contribution in [0.3, 0.4) is 0 Å². The number of methoxy groups -OCH3 is 2. The highest BCUT2D eigenvalue weighted by Crippen LogP contribution is 2.25. The molecule has 0 saturated carbocycles. The van der Waals surface area contributed by atoms with E-state index in [4.69, 9.17) is 15.2 Å². The number of guanidine groups is 1. The molecule has 1 saturated heterocycles. The summed E-state index contributed by atoms with van der Waals surface area (Å²) in [5.41, 5.74) is 6.41. The topological polar surface area (TPSA) is 101 Å². The van der Waals surface area contributed by atoms with Gasteiger partial charge in [0.15, 0.2) is 5.96 Å². The number of halogens is 1. The van der Waals surface area contributed by atoms with Gasteiger partial charge < -0.3 is 30.7 Å². The van der Waals surface area contributed by atoms with Gasteiger partial charge in [-0.25, -0.2) is 4.99 Å². The van der Waals surface area contributed by atoms with Gasteiger partial charge >= 0.3 is 0 Å². The molecule has 1 heterocycles. The Morgan fingerprint density at radius 1 is 1.19 bits per heavy atom. The molecular weight excluding hydrogens is 509 g/mol. The Balaban J connectivity index is 0.00000480. The van der Waals surface area contributed by atoms with Crippen molar-refractivity contribution in [2.75, 3.05) is 46.9 Å². The van der Waals surface area contributed by atoms with E-state index in [0.29, 0.717) is 6.54 Å². The molecule has 1 aliphatic heterocycles. The summed E-state index contributed by atoms with van der Waals surface area (Å²) in [7, 11) is 3.30. The Labute approximate surface area is 203 Å². The van der Waals surface area contributed by atoms with Crippen molar-refractivity contribution in [3.05, 3.63) is 23.8 Å². The molecule has 176 valence electrons. The monoisotopic (exact) mass is 547 g/mol. The highest BCUT2D eigenvalue weighted by Gasteiger charge is 2.22. The highest BCUT2D eigenvalue weighted by molar-refractivity contribution is 14.0. The van der Waals surface area contributed by atoms with Crippen LogP contribution in [0.1, 0.15) is 38.2 Å². The summed E-state index contributed by atoms with van der Waals surface area (Å²) in [6, 6.07) is 5.77. The summed E-state index contributed by atoms with van der Waals surface area (Å²) >= 11 is 0. The summed E-state index contributed by atoms with van der Waals surface area (Å²) in [6.07, 6.45) is 3.95. The van der Waals surface area contributed by atoms with Crippen molar-refractivity contribution in [2.24, 2.45) is 16.6 Å². The van der Waals surface area contributed by atoms with Crippen LogP contribution < -0.4 is 25.8 Å². The van der Waals surface area contributed by atoms with Crippen molar-refractivity contribution in [1.29, 1.82) is 0 Å². The zero-order valence-corrected chi connectivity index (χ0v) is 21.3. The first kappa shape index (κ1) is 27.3. The van der Waals surface area contributed by atoms with Crippen molar-refractivity contribution < 1.29 is 14.3 Å². The molecule has 1 aliphatic rings. The van der Waals surface area contributed by atoms with Crippen LogP contribution in [0, 0.1) is 5.92 Å². The fraction of sp³-hybridized carbons (Fsp3) is 0.636. The van der Waals surface area contributed by atoms with E-state index < -0.39 is 0 Å². The number of nitrogens with two attached hydrogens (primary N) is 1. The normalized spacial score (nSPS) is 15.1. The Morgan fingerprint density at radius 3 is 2.55 bits per heavy atom. The summed E-state index contributed by atoms with van der Waals surface area (Å²) in [5.74, 6) is 2.25. The summed E-state index contributed by atoms with van der Waals surface area (Å²) in [6.45, 7) is 7.25. The van der Waals surface area contributed by atoms with Crippen molar-refractivity contribution in [3.63, 3.8) is 0 Å². The standard InChI is InChI=1S/C22H37N5O3.HI/c1-4-24-22(26-16-18-7-8-19(29-2)15-20(18)30-3)25-11-5-6-12-27-13-9-17(10-14-27)21(23)28;/h7-8,15,17H,4-6,9-14,16H2,1-3H3,(H2,23,28)(H2,24,25,26);1H. The van der Waals surface area contributed by atoms with E-state index in [-0.39, 0.29) is 35.8 Å². The number of nitrogens with one attached hydrogen (secondary N) is 2. The van der Waals surface area contributed by atoms with Gasteiger partial charge in [0.05, 0.1) is 20.8 Å². The minimum absolute atomic E-state index is 0. The first-order chi connectivity index (χ1) is 14.6. The smallest absolute Gasteiger partial charge is 0.220 e. The molecule has 1 aromatic carbocycles. The lowest BCUT2D eigenvalue weighted by molar-refractivity contribution is -0.123. The number of rotatable bonds is 11. The van der Waals surface area contributed by atoms with E-state index in [1.165, 1.54) is 0 Å². The first-order valence-corrected chi connectivity index (χ1v) is 10.8. The lowest BCUT2D eigenvalue weighted by atomic mass is 9.96. The summed E-state index contributed by atoms with van der Waals surface area (Å²) < 4.78 is 10.7. The number of carbonyl (C=O) groups is 1. The van der Waals surface area contributed by atoms with Crippen molar-refractivity contribution in [2.45, 2.75) is 39.2 Å². The van der Waals surface area contributed by atoms with Crippen LogP contribution in [-0.2, 0) is 11.3 Å². The van der Waals surface area contributed by atoms with Crippen LogP contribution in [0.5, 0.6) is 11.5 Å². The van der Waals surface area contributed by atoms with Crippen LogP contribution in [0.15, 0.2) is 23.2 Å². The van der Waals surface area contributed by atoms with Gasteiger partial charge in [-0.2, -0.15) is 0 Å². The van der Waals surface area contributed by atoms with E-state index in [1.54, 1.807) is 14.2 Å². The lowest BCUT2D eigenvalue weighted by Crippen LogP contribution is -2.39. The quantitative estimate of drug-likeness (QED) is 0.170. The van der Waals surface area contributed by atoms with Crippen molar-refractivity contribution >= 4 is 35.8 Å². The zero-order valence-electron chi connectivity index (χ0n) is 19.0. The molecule has 1 fully saturated rings. The van der Waals surface area contributed by atoms with Crippen LogP contribution in [0.2, 0.25) is 0 Å². The fourth-order valence-corrected chi connectivity index (χ4v) is 3.60. The van der Waals surface area contributed by atoms with E-state index in [1.807, 2.05) is 18.2 Å². The van der Waals surface area contributed by atoms with Crippen molar-refractivity contribution in [3.8, 4) is 11.5 Å². The lowest BCUT2D eigenvalue weighted by Gasteiger charge is -2.30. The molecule has 0 atom stereocenters. The number of hydrogen-bond donors (Lipinski definition) is 3. The maximum Gasteiger partial charge on any atom is 0.220 e. The fourth-order valence-electron chi connectivity index (χ4n) is 3.60. The van der Waals surface area contributed by atoms with Gasteiger partial charge in [0.2, 0.25) is 5.91 Å². The highest BCUT2D eigenvalue weighted by atomic mass is 127. The number of unbranched alkanes of at least 4 members (excludes halogenated alkanes) is 1. The largest absolute Gasteiger partial charge is 0.497 e. The molecule has 0 spiro atoms. The third kappa shape index (κ3) is 9.51. The molecule has 31 heavy (non-hydrogen) atoms. The van der Waals surface area contributed by atoms with E-state index in [0.717, 1.165) is 81.4 Å². The number of nitrogens with zero attached hydrogens (tertiary/aromatic N) is 2. The number of primary amides is 1. The van der Waals surface area contributed by atoms with Gasteiger partial charge in [0, 0.05) is 30.6 Å². The molecule has 8 nitrogen and oxygen atoms in total. The predicted octanol–water partition coefficient (Wildman–Crippen LogP) is 2.35. The van der Waals surface area contributed by atoms with Gasteiger partial charge in [-0.3, -0.25) is 4.79 Å².